The van der Waals surface area contributed by atoms with Gasteiger partial charge in [-0.3, -0.25) is 0 Å². The Labute approximate surface area is 194 Å². The summed E-state index contributed by atoms with van der Waals surface area (Å²) in [6.45, 7) is 0. The fourth-order valence-corrected chi connectivity index (χ4v) is 6.02. The second kappa shape index (κ2) is 9.93. The van der Waals surface area contributed by atoms with E-state index in [1.807, 2.05) is 5.38 Å². The van der Waals surface area contributed by atoms with Crippen LogP contribution in [0, 0.1) is 12.1 Å². The molecule has 0 amide bonds. The Morgan fingerprint density at radius 3 is 2.46 bits per heavy atom. The molecule has 139 valence electrons. The molecule has 4 unspecified atom stereocenters. The summed E-state index contributed by atoms with van der Waals surface area (Å²) in [6, 6.07) is 5.32. The molecular weight excluding hydrogens is 499 g/mol. The summed E-state index contributed by atoms with van der Waals surface area (Å²) in [5, 5.41) is 1.57. The molecule has 2 aromatic rings. The van der Waals surface area contributed by atoms with Crippen LogP contribution in [0.5, 0.6) is 0 Å². The molecule has 1 aromatic heterocycles. The molecule has 9 heteroatoms. The van der Waals surface area contributed by atoms with Crippen molar-refractivity contribution in [2.75, 3.05) is 5.75 Å². The van der Waals surface area contributed by atoms with Crippen molar-refractivity contribution in [1.82, 2.24) is 4.98 Å². The molecule has 0 spiro atoms. The van der Waals surface area contributed by atoms with Gasteiger partial charge in [0.25, 0.3) is 0 Å². The molecule has 0 aliphatic heterocycles. The summed E-state index contributed by atoms with van der Waals surface area (Å²) in [5.41, 5.74) is 0.184. The zero-order valence-corrected chi connectivity index (χ0v) is 19.5. The summed E-state index contributed by atoms with van der Waals surface area (Å²) in [4.78, 5) is 4.12. The first-order chi connectivity index (χ1) is 11.9. The van der Waals surface area contributed by atoms with Gasteiger partial charge in [-0.25, -0.2) is 11.3 Å². The van der Waals surface area contributed by atoms with Gasteiger partial charge in [0.2, 0.25) is 0 Å². The molecule has 1 aliphatic carbocycles. The minimum absolute atomic E-state index is 0. The first-order valence-electron chi connectivity index (χ1n) is 7.76. The number of thiazole rings is 1. The van der Waals surface area contributed by atoms with Gasteiger partial charge in [-0.2, -0.15) is 24.9 Å². The third-order valence-electron chi connectivity index (χ3n) is 4.43. The molecule has 1 fully saturated rings. The predicted octanol–water partition coefficient (Wildman–Crippen LogP) is 6.46. The van der Waals surface area contributed by atoms with E-state index in [1.165, 1.54) is 23.5 Å². The molecule has 4 atom stereocenters. The number of hydrogen-bond acceptors (Lipinski definition) is 3. The normalized spacial score (nSPS) is 25.9. The van der Waals surface area contributed by atoms with Crippen molar-refractivity contribution in [2.24, 2.45) is 5.92 Å². The van der Waals surface area contributed by atoms with E-state index >= 15 is 0 Å². The number of halogens is 5. The zero-order chi connectivity index (χ0) is 18.0. The van der Waals surface area contributed by atoms with Crippen molar-refractivity contribution in [1.29, 1.82) is 0 Å². The quantitative estimate of drug-likeness (QED) is 0.258. The molecule has 1 heterocycles. The molecule has 0 bridgehead atoms. The maximum Gasteiger partial charge on any atom is 0.416 e. The minimum atomic E-state index is -4.33. The third kappa shape index (κ3) is 5.60. The Balaban J connectivity index is 0.00000243. The molecule has 1 radical (unpaired) electrons. The minimum Gasteiger partial charge on any atom is -0.437 e. The molecule has 1 aliphatic rings. The average molecular weight is 514 g/mol. The Kier molecular flexibility index (Phi) is 8.77. The molecule has 3 rings (SSSR count). The van der Waals surface area contributed by atoms with Gasteiger partial charge in [-0.1, -0.05) is 17.5 Å². The number of hydrogen-bond donors (Lipinski definition) is 0. The maximum absolute atomic E-state index is 12.8. The van der Waals surface area contributed by atoms with Crippen LogP contribution in [0.3, 0.4) is 0 Å². The zero-order valence-electron chi connectivity index (χ0n) is 13.5. The first kappa shape index (κ1) is 23.0. The summed E-state index contributed by atoms with van der Waals surface area (Å²) < 4.78 is 39.2. The third-order valence-corrected chi connectivity index (χ3v) is 7.32. The molecular formula is C17H15Cl2F3NS2Y-. The van der Waals surface area contributed by atoms with Crippen LogP contribution < -0.4 is 0 Å². The van der Waals surface area contributed by atoms with E-state index in [0.717, 1.165) is 34.2 Å². The second-order valence-electron chi connectivity index (χ2n) is 5.96. The summed E-state index contributed by atoms with van der Waals surface area (Å²) >= 11 is 16.2. The van der Waals surface area contributed by atoms with Crippen molar-refractivity contribution in [3.8, 4) is 0 Å². The van der Waals surface area contributed by atoms with Gasteiger partial charge in [0, 0.05) is 49.4 Å². The first-order valence-corrected chi connectivity index (χ1v) is 10.5. The van der Waals surface area contributed by atoms with Gasteiger partial charge >= 0.3 is 6.18 Å². The molecule has 0 saturated heterocycles. The topological polar surface area (TPSA) is 12.9 Å². The monoisotopic (exact) mass is 513 g/mol. The second-order valence-corrected chi connectivity index (χ2v) is 9.28. The van der Waals surface area contributed by atoms with E-state index in [4.69, 9.17) is 23.2 Å². The van der Waals surface area contributed by atoms with Gasteiger partial charge in [-0.05, 0) is 46.5 Å². The van der Waals surface area contributed by atoms with Crippen LogP contribution in [0.2, 0.25) is 0 Å². The van der Waals surface area contributed by atoms with Crippen LogP contribution in [0.15, 0.2) is 34.0 Å². The number of alkyl halides is 5. The number of thioether (sulfide) groups is 1. The van der Waals surface area contributed by atoms with E-state index in [0.29, 0.717) is 6.42 Å². The van der Waals surface area contributed by atoms with Crippen LogP contribution in [-0.2, 0) is 38.9 Å². The maximum atomic E-state index is 12.8. The van der Waals surface area contributed by atoms with Gasteiger partial charge in [0.05, 0.1) is 5.56 Å². The van der Waals surface area contributed by atoms with Crippen LogP contribution in [0.1, 0.15) is 29.9 Å². The van der Waals surface area contributed by atoms with Crippen molar-refractivity contribution in [3.05, 3.63) is 47.0 Å². The SMILES string of the molecule is FC(F)(F)c1ccc(C2C(Cl)CC(Cl)C2CCSc2n[c-]cs2)cc1.[Y]. The standard InChI is InChI=1S/C17H15Cl2F3NS2.Y/c18-13-9-14(19)15(10-1-3-11(4-2-10)17(20,21)22)12(13)5-7-24-16-23-6-8-25-16;/h1-4,8,12-15H,5,7,9H2;/q-1;. The van der Waals surface area contributed by atoms with Crippen LogP contribution >= 0.6 is 46.3 Å². The number of nitrogens with zero attached hydrogens (tertiary/aromatic N) is 1. The Bertz CT molecular complexity index is 682. The van der Waals surface area contributed by atoms with Crippen molar-refractivity contribution < 1.29 is 45.9 Å². The Hall–Kier alpha value is 0.674. The van der Waals surface area contributed by atoms with Crippen molar-refractivity contribution >= 4 is 46.3 Å². The number of aromatic nitrogens is 1. The van der Waals surface area contributed by atoms with E-state index in [9.17, 15) is 13.2 Å². The van der Waals surface area contributed by atoms with E-state index in [1.54, 1.807) is 11.8 Å². The van der Waals surface area contributed by atoms with E-state index < -0.39 is 11.7 Å². The van der Waals surface area contributed by atoms with Crippen LogP contribution in [-0.4, -0.2) is 21.5 Å². The summed E-state index contributed by atoms with van der Waals surface area (Å²) in [5.74, 6) is 0.947. The van der Waals surface area contributed by atoms with Crippen LogP contribution in [0.4, 0.5) is 13.2 Å². The number of benzene rings is 1. The molecule has 1 saturated carbocycles. The summed E-state index contributed by atoms with van der Waals surface area (Å²) in [7, 11) is 0. The van der Waals surface area contributed by atoms with Gasteiger partial charge in [0.1, 0.15) is 0 Å². The van der Waals surface area contributed by atoms with Crippen molar-refractivity contribution in [3.63, 3.8) is 0 Å². The van der Waals surface area contributed by atoms with E-state index in [-0.39, 0.29) is 55.3 Å². The largest absolute Gasteiger partial charge is 0.437 e. The fraction of sp³-hybridized carbons (Fsp3) is 0.471. The Morgan fingerprint density at radius 2 is 1.88 bits per heavy atom. The smallest absolute Gasteiger partial charge is 0.416 e. The Morgan fingerprint density at radius 1 is 1.19 bits per heavy atom. The number of rotatable bonds is 5. The van der Waals surface area contributed by atoms with Gasteiger partial charge in [-0.15, -0.1) is 29.4 Å². The van der Waals surface area contributed by atoms with Gasteiger partial charge in [0.15, 0.2) is 0 Å². The molecule has 26 heavy (non-hydrogen) atoms. The fourth-order valence-electron chi connectivity index (χ4n) is 3.27. The van der Waals surface area contributed by atoms with E-state index in [2.05, 4.69) is 11.2 Å². The van der Waals surface area contributed by atoms with Crippen LogP contribution in [0.25, 0.3) is 0 Å². The summed E-state index contributed by atoms with van der Waals surface area (Å²) in [6.07, 6.45) is -0.0419. The van der Waals surface area contributed by atoms with Gasteiger partial charge < -0.3 is 4.98 Å². The van der Waals surface area contributed by atoms with Crippen molar-refractivity contribution in [2.45, 2.75) is 40.0 Å². The molecule has 1 nitrogen and oxygen atoms in total. The molecule has 0 N–H and O–H groups in total. The molecule has 1 aromatic carbocycles. The predicted molar refractivity (Wildman–Crippen MR) is 97.9 cm³/mol. The average Bonchev–Trinajstić information content (AvgIpc) is 3.15.